The van der Waals surface area contributed by atoms with Crippen molar-refractivity contribution in [1.82, 2.24) is 15.1 Å². The zero-order valence-electron chi connectivity index (χ0n) is 9.28. The Morgan fingerprint density at radius 3 is 3.00 bits per heavy atom. The maximum Gasteiger partial charge on any atom is 0.149 e. The molecule has 0 bridgehead atoms. The topological polar surface area (TPSA) is 55.9 Å². The van der Waals surface area contributed by atoms with E-state index < -0.39 is 0 Å². The van der Waals surface area contributed by atoms with Gasteiger partial charge in [-0.1, -0.05) is 12.1 Å². The van der Waals surface area contributed by atoms with Gasteiger partial charge < -0.3 is 11.1 Å². The fourth-order valence-corrected chi connectivity index (χ4v) is 2.20. The van der Waals surface area contributed by atoms with Crippen molar-refractivity contribution in [3.8, 4) is 5.69 Å². The van der Waals surface area contributed by atoms with Gasteiger partial charge in [-0.15, -0.1) is 5.10 Å². The molecule has 17 heavy (non-hydrogen) atoms. The number of nitrogens with one attached hydrogen (secondary N) is 1. The zero-order chi connectivity index (χ0) is 11.8. The number of halogens is 1. The Balaban J connectivity index is 2.19. The maximum absolute atomic E-state index is 13.7. The number of nitrogens with zero attached hydrogens (tertiary/aromatic N) is 2. The first-order valence-electron chi connectivity index (χ1n) is 5.59. The van der Waals surface area contributed by atoms with Crippen LogP contribution in [0.5, 0.6) is 0 Å². The molecule has 1 aliphatic heterocycles. The fraction of sp³-hybridized carbons (Fsp3) is 0.250. The third kappa shape index (κ3) is 1.59. The molecule has 0 radical (unpaired) electrons. The lowest BCUT2D eigenvalue weighted by molar-refractivity contribution is 0.585. The molecule has 0 atom stereocenters. The molecule has 0 spiro atoms. The van der Waals surface area contributed by atoms with E-state index in [-0.39, 0.29) is 5.82 Å². The molecule has 88 valence electrons. The van der Waals surface area contributed by atoms with E-state index in [2.05, 4.69) is 10.4 Å². The van der Waals surface area contributed by atoms with Crippen molar-refractivity contribution >= 4 is 5.82 Å². The molecule has 0 aliphatic carbocycles. The molecule has 4 nitrogen and oxygen atoms in total. The van der Waals surface area contributed by atoms with Crippen LogP contribution in [0.4, 0.5) is 10.2 Å². The van der Waals surface area contributed by atoms with Gasteiger partial charge in [0, 0.05) is 12.1 Å². The van der Waals surface area contributed by atoms with Crippen LogP contribution in [-0.4, -0.2) is 16.3 Å². The summed E-state index contributed by atoms with van der Waals surface area (Å²) in [6.45, 7) is 1.56. The standard InChI is InChI=1S/C12H13FN4/c13-9-3-1-2-4-10(9)17-11-7-15-6-5-8(11)12(14)16-17/h1-4,15H,5-7H2,(H2,14,16). The van der Waals surface area contributed by atoms with Gasteiger partial charge in [0.2, 0.25) is 0 Å². The highest BCUT2D eigenvalue weighted by molar-refractivity contribution is 5.48. The van der Waals surface area contributed by atoms with Crippen molar-refractivity contribution < 1.29 is 4.39 Å². The predicted octanol–water partition coefficient (Wildman–Crippen LogP) is 1.24. The van der Waals surface area contributed by atoms with Gasteiger partial charge in [-0.2, -0.15) is 0 Å². The van der Waals surface area contributed by atoms with Crippen molar-refractivity contribution in [1.29, 1.82) is 0 Å². The van der Waals surface area contributed by atoms with Crippen LogP contribution in [0.1, 0.15) is 11.3 Å². The van der Waals surface area contributed by atoms with Gasteiger partial charge in [-0.05, 0) is 25.1 Å². The Morgan fingerprint density at radius 2 is 2.18 bits per heavy atom. The number of nitrogen functional groups attached to an aromatic ring is 1. The lowest BCUT2D eigenvalue weighted by atomic mass is 10.1. The minimum Gasteiger partial charge on any atom is -0.382 e. The van der Waals surface area contributed by atoms with Crippen molar-refractivity contribution in [2.45, 2.75) is 13.0 Å². The minimum atomic E-state index is -0.289. The molecule has 0 saturated heterocycles. The quantitative estimate of drug-likeness (QED) is 0.777. The van der Waals surface area contributed by atoms with Gasteiger partial charge >= 0.3 is 0 Å². The molecule has 2 aromatic rings. The molecule has 1 aromatic carbocycles. The van der Waals surface area contributed by atoms with Gasteiger partial charge in [-0.3, -0.25) is 0 Å². The first-order valence-corrected chi connectivity index (χ1v) is 5.59. The van der Waals surface area contributed by atoms with Crippen LogP contribution in [-0.2, 0) is 13.0 Å². The number of para-hydroxylation sites is 1. The summed E-state index contributed by atoms with van der Waals surface area (Å²) in [6.07, 6.45) is 0.843. The molecular weight excluding hydrogens is 219 g/mol. The Morgan fingerprint density at radius 1 is 1.35 bits per heavy atom. The number of fused-ring (bicyclic) bond motifs is 1. The predicted molar refractivity (Wildman–Crippen MR) is 63.3 cm³/mol. The van der Waals surface area contributed by atoms with Crippen LogP contribution in [0.25, 0.3) is 5.69 Å². The highest BCUT2D eigenvalue weighted by Gasteiger charge is 2.20. The summed E-state index contributed by atoms with van der Waals surface area (Å²) in [5.41, 5.74) is 8.31. The molecule has 5 heteroatoms. The maximum atomic E-state index is 13.7. The smallest absolute Gasteiger partial charge is 0.149 e. The monoisotopic (exact) mass is 232 g/mol. The van der Waals surface area contributed by atoms with Crippen molar-refractivity contribution in [3.63, 3.8) is 0 Å². The van der Waals surface area contributed by atoms with Crippen molar-refractivity contribution in [2.24, 2.45) is 0 Å². The van der Waals surface area contributed by atoms with E-state index in [4.69, 9.17) is 5.73 Å². The highest BCUT2D eigenvalue weighted by atomic mass is 19.1. The van der Waals surface area contributed by atoms with Crippen LogP contribution in [0.15, 0.2) is 24.3 Å². The van der Waals surface area contributed by atoms with Crippen molar-refractivity contribution in [2.75, 3.05) is 12.3 Å². The summed E-state index contributed by atoms with van der Waals surface area (Å²) < 4.78 is 15.3. The minimum absolute atomic E-state index is 0.289. The lowest BCUT2D eigenvalue weighted by Gasteiger charge is -2.15. The number of hydrogen-bond donors (Lipinski definition) is 2. The highest BCUT2D eigenvalue weighted by Crippen LogP contribution is 2.24. The van der Waals surface area contributed by atoms with Gasteiger partial charge in [0.1, 0.15) is 17.3 Å². The summed E-state index contributed by atoms with van der Waals surface area (Å²) in [6, 6.07) is 6.59. The number of aromatic nitrogens is 2. The van der Waals surface area contributed by atoms with E-state index in [1.165, 1.54) is 6.07 Å². The number of rotatable bonds is 1. The Kier molecular flexibility index (Phi) is 2.33. The summed E-state index contributed by atoms with van der Waals surface area (Å²) in [5.74, 6) is 0.216. The molecule has 1 aliphatic rings. The van der Waals surface area contributed by atoms with E-state index in [9.17, 15) is 4.39 Å². The van der Waals surface area contributed by atoms with E-state index in [0.29, 0.717) is 18.1 Å². The molecule has 0 saturated carbocycles. The lowest BCUT2D eigenvalue weighted by Crippen LogP contribution is -2.25. The fourth-order valence-electron chi connectivity index (χ4n) is 2.20. The second-order valence-corrected chi connectivity index (χ2v) is 4.10. The number of nitrogens with two attached hydrogens (primary N) is 1. The van der Waals surface area contributed by atoms with Gasteiger partial charge in [0.25, 0.3) is 0 Å². The van der Waals surface area contributed by atoms with Gasteiger partial charge in [0.15, 0.2) is 0 Å². The molecule has 0 fully saturated rings. The summed E-state index contributed by atoms with van der Waals surface area (Å²) >= 11 is 0. The van der Waals surface area contributed by atoms with Gasteiger partial charge in [-0.25, -0.2) is 9.07 Å². The van der Waals surface area contributed by atoms with Crippen LogP contribution in [0, 0.1) is 5.82 Å². The van der Waals surface area contributed by atoms with Crippen LogP contribution in [0.3, 0.4) is 0 Å². The average molecular weight is 232 g/mol. The summed E-state index contributed by atoms with van der Waals surface area (Å²) in [7, 11) is 0. The summed E-state index contributed by atoms with van der Waals surface area (Å²) in [5, 5.41) is 7.48. The van der Waals surface area contributed by atoms with Crippen molar-refractivity contribution in [3.05, 3.63) is 41.3 Å². The molecule has 3 rings (SSSR count). The SMILES string of the molecule is Nc1nn(-c2ccccc2F)c2c1CCNC2. The Hall–Kier alpha value is -1.88. The van der Waals surface area contributed by atoms with E-state index in [1.54, 1.807) is 22.9 Å². The average Bonchev–Trinajstić information content (AvgIpc) is 2.68. The second-order valence-electron chi connectivity index (χ2n) is 4.10. The first-order chi connectivity index (χ1) is 8.27. The molecule has 0 amide bonds. The largest absolute Gasteiger partial charge is 0.382 e. The Bertz CT molecular complexity index is 562. The molecule has 1 aromatic heterocycles. The number of benzene rings is 1. The normalized spacial score (nSPS) is 14.6. The van der Waals surface area contributed by atoms with Crippen LogP contribution >= 0.6 is 0 Å². The Labute approximate surface area is 98.2 Å². The second kappa shape index (κ2) is 3.85. The van der Waals surface area contributed by atoms with E-state index >= 15 is 0 Å². The number of anilines is 1. The summed E-state index contributed by atoms with van der Waals surface area (Å²) in [4.78, 5) is 0. The third-order valence-electron chi connectivity index (χ3n) is 3.05. The first kappa shape index (κ1) is 10.3. The van der Waals surface area contributed by atoms with E-state index in [0.717, 1.165) is 24.2 Å². The molecule has 3 N–H and O–H groups in total. The number of hydrogen-bond acceptors (Lipinski definition) is 3. The van der Waals surface area contributed by atoms with Crippen LogP contribution in [0.2, 0.25) is 0 Å². The molecule has 0 unspecified atom stereocenters. The van der Waals surface area contributed by atoms with E-state index in [1.807, 2.05) is 0 Å². The molecule has 2 heterocycles. The third-order valence-corrected chi connectivity index (χ3v) is 3.05. The zero-order valence-corrected chi connectivity index (χ0v) is 9.28. The van der Waals surface area contributed by atoms with Gasteiger partial charge in [0.05, 0.1) is 5.69 Å². The molecular formula is C12H13FN4. The van der Waals surface area contributed by atoms with Crippen LogP contribution < -0.4 is 11.1 Å².